The van der Waals surface area contributed by atoms with Crippen LogP contribution in [0.2, 0.25) is 0 Å². The molecule has 5 nitrogen and oxygen atoms in total. The number of methoxy groups -OCH3 is 1. The van der Waals surface area contributed by atoms with Crippen molar-refractivity contribution in [2.24, 2.45) is 0 Å². The van der Waals surface area contributed by atoms with Gasteiger partial charge in [-0.25, -0.2) is 0 Å². The van der Waals surface area contributed by atoms with Gasteiger partial charge in [-0.1, -0.05) is 36.4 Å². The van der Waals surface area contributed by atoms with Crippen LogP contribution in [-0.4, -0.2) is 26.6 Å². The predicted molar refractivity (Wildman–Crippen MR) is 115 cm³/mol. The highest BCUT2D eigenvalue weighted by Gasteiger charge is 2.12. The number of ether oxygens (including phenoxy) is 2. The fraction of sp³-hybridized carbons (Fsp3) is 0.261. The van der Waals surface area contributed by atoms with Crippen LogP contribution >= 0.6 is 11.3 Å². The van der Waals surface area contributed by atoms with Crippen molar-refractivity contribution >= 4 is 17.2 Å². The zero-order valence-corrected chi connectivity index (χ0v) is 17.6. The molecule has 0 fully saturated rings. The number of nitrogens with one attached hydrogen (secondary N) is 2. The number of likely N-dealkylation sites (N-methyl/N-ethyl adjacent to an activating group) is 1. The zero-order valence-electron chi connectivity index (χ0n) is 16.8. The molecule has 6 heteroatoms. The number of carbonyl (C=O) groups excluding carboxylic acids is 1. The van der Waals surface area contributed by atoms with Crippen molar-refractivity contribution in [2.75, 3.05) is 20.7 Å². The van der Waals surface area contributed by atoms with Gasteiger partial charge >= 0.3 is 0 Å². The van der Waals surface area contributed by atoms with E-state index in [-0.39, 0.29) is 5.91 Å². The fourth-order valence-electron chi connectivity index (χ4n) is 3.02. The van der Waals surface area contributed by atoms with E-state index in [9.17, 15) is 4.79 Å². The molecule has 0 saturated heterocycles. The van der Waals surface area contributed by atoms with Crippen molar-refractivity contribution in [3.63, 3.8) is 0 Å². The summed E-state index contributed by atoms with van der Waals surface area (Å²) < 4.78 is 11.3. The smallest absolute Gasteiger partial charge is 0.275 e. The van der Waals surface area contributed by atoms with Crippen LogP contribution in [0.1, 0.15) is 16.7 Å². The normalized spacial score (nSPS) is 11.7. The van der Waals surface area contributed by atoms with Gasteiger partial charge in [-0.3, -0.25) is 4.79 Å². The van der Waals surface area contributed by atoms with Crippen molar-refractivity contribution in [3.05, 3.63) is 82.0 Å². The molecule has 29 heavy (non-hydrogen) atoms. The number of benzene rings is 2. The SMILES string of the molecule is COc1cc(CNC(=O)C[NH+](C)Cc2ccsc2)ccc1OCc1ccccc1. The van der Waals surface area contributed by atoms with Crippen molar-refractivity contribution in [2.45, 2.75) is 19.7 Å². The van der Waals surface area contributed by atoms with E-state index in [1.54, 1.807) is 18.4 Å². The maximum Gasteiger partial charge on any atom is 0.275 e. The Kier molecular flexibility index (Phi) is 7.67. The largest absolute Gasteiger partial charge is 0.493 e. The van der Waals surface area contributed by atoms with E-state index in [2.05, 4.69) is 22.1 Å². The second-order valence-electron chi connectivity index (χ2n) is 6.98. The lowest BCUT2D eigenvalue weighted by Crippen LogP contribution is -3.08. The summed E-state index contributed by atoms with van der Waals surface area (Å²) in [5, 5.41) is 7.16. The number of amides is 1. The van der Waals surface area contributed by atoms with Gasteiger partial charge < -0.3 is 19.7 Å². The van der Waals surface area contributed by atoms with Crippen LogP contribution in [0.5, 0.6) is 11.5 Å². The Morgan fingerprint density at radius 1 is 1.03 bits per heavy atom. The maximum absolute atomic E-state index is 12.3. The number of thiophene rings is 1. The Bertz CT molecular complexity index is 898. The van der Waals surface area contributed by atoms with Gasteiger partial charge in [-0.15, -0.1) is 0 Å². The van der Waals surface area contributed by atoms with Gasteiger partial charge in [0, 0.05) is 12.1 Å². The highest BCUT2D eigenvalue weighted by Crippen LogP contribution is 2.28. The minimum absolute atomic E-state index is 0.0288. The van der Waals surface area contributed by atoms with Crippen molar-refractivity contribution < 1.29 is 19.2 Å². The summed E-state index contributed by atoms with van der Waals surface area (Å²) in [6, 6.07) is 17.8. The summed E-state index contributed by atoms with van der Waals surface area (Å²) in [7, 11) is 3.65. The fourth-order valence-corrected chi connectivity index (χ4v) is 3.69. The molecule has 0 radical (unpaired) electrons. The van der Waals surface area contributed by atoms with Gasteiger partial charge in [0.25, 0.3) is 5.91 Å². The molecule has 0 aliphatic rings. The quantitative estimate of drug-likeness (QED) is 0.539. The second-order valence-corrected chi connectivity index (χ2v) is 7.76. The first kappa shape index (κ1) is 20.9. The third-order valence-electron chi connectivity index (χ3n) is 4.50. The molecular weight excluding hydrogens is 384 g/mol. The monoisotopic (exact) mass is 411 g/mol. The first-order valence-corrected chi connectivity index (χ1v) is 10.5. The number of carbonyl (C=O) groups is 1. The minimum Gasteiger partial charge on any atom is -0.493 e. The highest BCUT2D eigenvalue weighted by molar-refractivity contribution is 7.07. The van der Waals surface area contributed by atoms with Crippen LogP contribution in [0.4, 0.5) is 0 Å². The molecule has 2 aromatic carbocycles. The molecule has 1 amide bonds. The van der Waals surface area contributed by atoms with Crippen LogP contribution in [0.15, 0.2) is 65.4 Å². The van der Waals surface area contributed by atoms with Gasteiger partial charge in [0.1, 0.15) is 13.2 Å². The average Bonchev–Trinajstić information content (AvgIpc) is 3.24. The summed E-state index contributed by atoms with van der Waals surface area (Å²) >= 11 is 1.68. The lowest BCUT2D eigenvalue weighted by Gasteiger charge is -2.14. The van der Waals surface area contributed by atoms with E-state index in [4.69, 9.17) is 9.47 Å². The van der Waals surface area contributed by atoms with Crippen LogP contribution in [0.3, 0.4) is 0 Å². The Balaban J connectivity index is 1.49. The summed E-state index contributed by atoms with van der Waals surface area (Å²) in [4.78, 5) is 13.4. The van der Waals surface area contributed by atoms with E-state index in [0.717, 1.165) is 22.6 Å². The van der Waals surface area contributed by atoms with Crippen molar-refractivity contribution in [3.8, 4) is 11.5 Å². The van der Waals surface area contributed by atoms with Crippen LogP contribution in [-0.2, 0) is 24.5 Å². The van der Waals surface area contributed by atoms with Gasteiger partial charge in [-0.2, -0.15) is 11.3 Å². The molecule has 0 aliphatic carbocycles. The molecule has 3 rings (SSSR count). The molecule has 1 unspecified atom stereocenters. The molecule has 152 valence electrons. The number of hydrogen-bond donors (Lipinski definition) is 2. The van der Waals surface area contributed by atoms with Crippen molar-refractivity contribution in [1.82, 2.24) is 5.32 Å². The van der Waals surface area contributed by atoms with Crippen LogP contribution < -0.4 is 19.7 Å². The number of rotatable bonds is 10. The molecule has 1 aromatic heterocycles. The first-order chi connectivity index (χ1) is 14.1. The molecule has 0 aliphatic heterocycles. The van der Waals surface area contributed by atoms with Crippen LogP contribution in [0.25, 0.3) is 0 Å². The molecular formula is C23H27N2O3S+. The molecule has 0 bridgehead atoms. The third-order valence-corrected chi connectivity index (χ3v) is 5.24. The number of quaternary nitrogens is 1. The molecule has 2 N–H and O–H groups in total. The molecule has 1 atom stereocenters. The Morgan fingerprint density at radius 2 is 1.86 bits per heavy atom. The lowest BCUT2D eigenvalue weighted by atomic mass is 10.2. The Morgan fingerprint density at radius 3 is 2.59 bits per heavy atom. The Labute approximate surface area is 175 Å². The van der Waals surface area contributed by atoms with E-state index in [1.807, 2.05) is 55.6 Å². The lowest BCUT2D eigenvalue weighted by molar-refractivity contribution is -0.885. The van der Waals surface area contributed by atoms with Crippen molar-refractivity contribution in [1.29, 1.82) is 0 Å². The minimum atomic E-state index is 0.0288. The predicted octanol–water partition coefficient (Wildman–Crippen LogP) is 2.67. The summed E-state index contributed by atoms with van der Waals surface area (Å²) in [5.41, 5.74) is 3.33. The van der Waals surface area contributed by atoms with Gasteiger partial charge in [0.2, 0.25) is 0 Å². The summed E-state index contributed by atoms with van der Waals surface area (Å²) in [5.74, 6) is 1.38. The Hall–Kier alpha value is -2.83. The van der Waals surface area contributed by atoms with E-state index >= 15 is 0 Å². The standard InChI is InChI=1S/C23H26N2O3S/c1-25(14-20-10-11-29-17-20)15-23(26)24-13-19-8-9-21(22(12-19)27-2)28-16-18-6-4-3-5-7-18/h3-12,17H,13-16H2,1-2H3,(H,24,26)/p+1. The highest BCUT2D eigenvalue weighted by atomic mass is 32.1. The molecule has 0 spiro atoms. The molecule has 0 saturated carbocycles. The van der Waals surface area contributed by atoms with E-state index < -0.39 is 0 Å². The van der Waals surface area contributed by atoms with Crippen LogP contribution in [0, 0.1) is 0 Å². The topological polar surface area (TPSA) is 52.0 Å². The average molecular weight is 412 g/mol. The third kappa shape index (κ3) is 6.62. The molecule has 3 aromatic rings. The first-order valence-electron chi connectivity index (χ1n) is 9.56. The molecule has 1 heterocycles. The summed E-state index contributed by atoms with van der Waals surface area (Å²) in [6.45, 7) is 2.22. The summed E-state index contributed by atoms with van der Waals surface area (Å²) in [6.07, 6.45) is 0. The van der Waals surface area contributed by atoms with E-state index in [1.165, 1.54) is 5.56 Å². The van der Waals surface area contributed by atoms with Gasteiger partial charge in [0.05, 0.1) is 14.2 Å². The number of hydrogen-bond acceptors (Lipinski definition) is 4. The maximum atomic E-state index is 12.3. The second kappa shape index (κ2) is 10.6. The zero-order chi connectivity index (χ0) is 20.5. The van der Waals surface area contributed by atoms with E-state index in [0.29, 0.717) is 31.2 Å². The van der Waals surface area contributed by atoms with Gasteiger partial charge in [-0.05, 0) is 40.1 Å². The van der Waals surface area contributed by atoms with Gasteiger partial charge in [0.15, 0.2) is 18.0 Å².